The first-order chi connectivity index (χ1) is 8.18. The Bertz CT molecular complexity index is 379. The number of amides is 1. The van der Waals surface area contributed by atoms with Crippen LogP contribution in [0.25, 0.3) is 0 Å². The zero-order valence-electron chi connectivity index (χ0n) is 11.1. The fourth-order valence-electron chi connectivity index (χ4n) is 2.34. The van der Waals surface area contributed by atoms with E-state index in [0.29, 0.717) is 17.5 Å². The maximum atomic E-state index is 12.0. The van der Waals surface area contributed by atoms with Gasteiger partial charge in [0.15, 0.2) is 0 Å². The lowest BCUT2D eigenvalue weighted by Gasteiger charge is -2.35. The van der Waals surface area contributed by atoms with Crippen molar-refractivity contribution < 1.29 is 4.79 Å². The van der Waals surface area contributed by atoms with Crippen molar-refractivity contribution in [3.63, 3.8) is 0 Å². The van der Waals surface area contributed by atoms with Crippen molar-refractivity contribution in [3.8, 4) is 0 Å². The highest BCUT2D eigenvalue weighted by molar-refractivity contribution is 5.94. The third-order valence-electron chi connectivity index (χ3n) is 3.44. The van der Waals surface area contributed by atoms with Gasteiger partial charge in [-0.25, -0.2) is 0 Å². The second-order valence-corrected chi connectivity index (χ2v) is 4.75. The number of carbonyl (C=O) groups is 1. The smallest absolute Gasteiger partial charge is 0.253 e. The summed E-state index contributed by atoms with van der Waals surface area (Å²) in [4.78, 5) is 16.0. The zero-order valence-corrected chi connectivity index (χ0v) is 12.8. The number of nitrogens with one attached hydrogen (secondary N) is 2. The van der Waals surface area contributed by atoms with E-state index in [9.17, 15) is 4.79 Å². The monoisotopic (exact) mass is 305 g/mol. The van der Waals surface area contributed by atoms with Crippen molar-refractivity contribution in [2.45, 2.75) is 32.4 Å². The minimum absolute atomic E-state index is 0. The molecule has 3 unspecified atom stereocenters. The van der Waals surface area contributed by atoms with Crippen LogP contribution in [0.5, 0.6) is 0 Å². The number of nitrogens with zero attached hydrogens (tertiary/aromatic N) is 1. The van der Waals surface area contributed by atoms with E-state index in [1.807, 2.05) is 0 Å². The van der Waals surface area contributed by atoms with E-state index in [0.717, 1.165) is 13.0 Å². The molecule has 6 heteroatoms. The molecule has 1 aliphatic rings. The minimum Gasteiger partial charge on any atom is -0.347 e. The summed E-state index contributed by atoms with van der Waals surface area (Å²) in [6, 6.07) is 4.07. The molecule has 3 atom stereocenters. The Morgan fingerprint density at radius 1 is 1.42 bits per heavy atom. The molecule has 2 heterocycles. The molecule has 0 bridgehead atoms. The van der Waals surface area contributed by atoms with Gasteiger partial charge in [-0.1, -0.05) is 6.92 Å². The van der Waals surface area contributed by atoms with Crippen LogP contribution in [0.15, 0.2) is 24.5 Å². The zero-order chi connectivity index (χ0) is 12.3. The predicted molar refractivity (Wildman–Crippen MR) is 81.2 cm³/mol. The highest BCUT2D eigenvalue weighted by Crippen LogP contribution is 2.16. The van der Waals surface area contributed by atoms with Crippen LogP contribution in [-0.2, 0) is 0 Å². The first-order valence-corrected chi connectivity index (χ1v) is 6.13. The Balaban J connectivity index is 0.00000162. The van der Waals surface area contributed by atoms with E-state index in [-0.39, 0.29) is 36.8 Å². The van der Waals surface area contributed by atoms with E-state index < -0.39 is 0 Å². The number of pyridine rings is 1. The lowest BCUT2D eigenvalue weighted by molar-refractivity contribution is 0.0897. The first kappa shape index (κ1) is 18.2. The Labute approximate surface area is 126 Å². The SMILES string of the molecule is CC1CCNC(C)C1NC(=O)c1cccnc1.Cl.Cl. The average Bonchev–Trinajstić information content (AvgIpc) is 2.35. The topological polar surface area (TPSA) is 54.0 Å². The first-order valence-electron chi connectivity index (χ1n) is 6.13. The van der Waals surface area contributed by atoms with E-state index in [1.54, 1.807) is 24.5 Å². The second-order valence-electron chi connectivity index (χ2n) is 4.75. The Kier molecular flexibility index (Phi) is 7.99. The van der Waals surface area contributed by atoms with Crippen LogP contribution in [0, 0.1) is 5.92 Å². The van der Waals surface area contributed by atoms with Crippen molar-refractivity contribution in [2.75, 3.05) is 6.54 Å². The number of aromatic nitrogens is 1. The number of carbonyl (C=O) groups excluding carboxylic acids is 1. The van der Waals surface area contributed by atoms with Gasteiger partial charge < -0.3 is 10.6 Å². The molecule has 0 radical (unpaired) electrons. The average molecular weight is 306 g/mol. The van der Waals surface area contributed by atoms with Gasteiger partial charge >= 0.3 is 0 Å². The summed E-state index contributed by atoms with van der Waals surface area (Å²) in [5.41, 5.74) is 0.623. The summed E-state index contributed by atoms with van der Waals surface area (Å²) in [5.74, 6) is 0.470. The summed E-state index contributed by atoms with van der Waals surface area (Å²) >= 11 is 0. The van der Waals surface area contributed by atoms with Gasteiger partial charge in [0.2, 0.25) is 0 Å². The van der Waals surface area contributed by atoms with Gasteiger partial charge in [0.1, 0.15) is 0 Å². The summed E-state index contributed by atoms with van der Waals surface area (Å²) < 4.78 is 0. The molecule has 1 aromatic heterocycles. The van der Waals surface area contributed by atoms with Crippen LogP contribution in [0.4, 0.5) is 0 Å². The molecule has 0 aromatic carbocycles. The molecule has 2 rings (SSSR count). The van der Waals surface area contributed by atoms with Gasteiger partial charge in [-0.2, -0.15) is 0 Å². The van der Waals surface area contributed by atoms with E-state index in [1.165, 1.54) is 0 Å². The molecule has 1 aliphatic heterocycles. The third-order valence-corrected chi connectivity index (χ3v) is 3.44. The molecule has 19 heavy (non-hydrogen) atoms. The van der Waals surface area contributed by atoms with Gasteiger partial charge in [0.25, 0.3) is 5.91 Å². The highest BCUT2D eigenvalue weighted by atomic mass is 35.5. The van der Waals surface area contributed by atoms with Gasteiger partial charge in [-0.3, -0.25) is 9.78 Å². The lowest BCUT2D eigenvalue weighted by atomic mass is 9.89. The van der Waals surface area contributed by atoms with Crippen molar-refractivity contribution in [2.24, 2.45) is 5.92 Å². The summed E-state index contributed by atoms with van der Waals surface area (Å²) in [7, 11) is 0. The lowest BCUT2D eigenvalue weighted by Crippen LogP contribution is -2.55. The predicted octanol–water partition coefficient (Wildman–Crippen LogP) is 2.04. The molecule has 1 fully saturated rings. The molecule has 2 N–H and O–H groups in total. The summed E-state index contributed by atoms with van der Waals surface area (Å²) in [5, 5.41) is 6.48. The Hall–Kier alpha value is -0.840. The number of piperidine rings is 1. The molecule has 108 valence electrons. The molecule has 4 nitrogen and oxygen atoms in total. The largest absolute Gasteiger partial charge is 0.347 e. The van der Waals surface area contributed by atoms with E-state index in [2.05, 4.69) is 29.5 Å². The molecule has 1 saturated heterocycles. The van der Waals surface area contributed by atoms with Crippen molar-refractivity contribution >= 4 is 30.7 Å². The molecule has 1 amide bonds. The Morgan fingerprint density at radius 3 is 2.74 bits per heavy atom. The van der Waals surface area contributed by atoms with Gasteiger partial charge in [-0.15, -0.1) is 24.8 Å². The van der Waals surface area contributed by atoms with Crippen LogP contribution in [0.2, 0.25) is 0 Å². The van der Waals surface area contributed by atoms with Crippen molar-refractivity contribution in [3.05, 3.63) is 30.1 Å². The molecule has 0 aliphatic carbocycles. The summed E-state index contributed by atoms with van der Waals surface area (Å²) in [6.07, 6.45) is 4.37. The maximum absolute atomic E-state index is 12.0. The molecular formula is C13H21Cl2N3O. The second kappa shape index (κ2) is 8.35. The highest BCUT2D eigenvalue weighted by Gasteiger charge is 2.28. The van der Waals surface area contributed by atoms with Crippen LogP contribution in [-0.4, -0.2) is 29.5 Å². The number of hydrogen-bond acceptors (Lipinski definition) is 3. The van der Waals surface area contributed by atoms with E-state index >= 15 is 0 Å². The van der Waals surface area contributed by atoms with Crippen molar-refractivity contribution in [1.29, 1.82) is 0 Å². The van der Waals surface area contributed by atoms with Crippen LogP contribution < -0.4 is 10.6 Å². The molecule has 1 aromatic rings. The van der Waals surface area contributed by atoms with Crippen LogP contribution in [0.1, 0.15) is 30.6 Å². The van der Waals surface area contributed by atoms with Crippen LogP contribution in [0.3, 0.4) is 0 Å². The normalized spacial score (nSPS) is 25.7. The standard InChI is InChI=1S/C13H19N3O.2ClH/c1-9-5-7-15-10(2)12(9)16-13(17)11-4-3-6-14-8-11;;/h3-4,6,8-10,12,15H,5,7H2,1-2H3,(H,16,17);2*1H. The van der Waals surface area contributed by atoms with Gasteiger partial charge in [0.05, 0.1) is 5.56 Å². The minimum atomic E-state index is -0.0366. The number of halogens is 2. The Morgan fingerprint density at radius 2 is 2.16 bits per heavy atom. The maximum Gasteiger partial charge on any atom is 0.253 e. The molecule has 0 saturated carbocycles. The fourth-order valence-corrected chi connectivity index (χ4v) is 2.34. The third kappa shape index (κ3) is 4.64. The number of rotatable bonds is 2. The van der Waals surface area contributed by atoms with Crippen molar-refractivity contribution in [1.82, 2.24) is 15.6 Å². The quantitative estimate of drug-likeness (QED) is 0.879. The molecule has 0 spiro atoms. The van der Waals surface area contributed by atoms with Crippen LogP contribution >= 0.6 is 24.8 Å². The summed E-state index contributed by atoms with van der Waals surface area (Å²) in [6.45, 7) is 5.33. The van der Waals surface area contributed by atoms with Gasteiger partial charge in [-0.05, 0) is 37.9 Å². The molecular weight excluding hydrogens is 285 g/mol. The van der Waals surface area contributed by atoms with E-state index in [4.69, 9.17) is 0 Å². The fraction of sp³-hybridized carbons (Fsp3) is 0.538. The van der Waals surface area contributed by atoms with Gasteiger partial charge in [0, 0.05) is 24.5 Å². The number of hydrogen-bond donors (Lipinski definition) is 2.